The van der Waals surface area contributed by atoms with Gasteiger partial charge in [0.1, 0.15) is 0 Å². The van der Waals surface area contributed by atoms with Gasteiger partial charge in [0, 0.05) is 16.7 Å². The summed E-state index contributed by atoms with van der Waals surface area (Å²) in [6, 6.07) is 5.24. The Hall–Kier alpha value is -1.03. The fourth-order valence-electron chi connectivity index (χ4n) is 2.85. The predicted molar refractivity (Wildman–Crippen MR) is 85.3 cm³/mol. The number of carboxylic acid groups (broad SMARTS) is 1. The summed E-state index contributed by atoms with van der Waals surface area (Å²) in [5.41, 5.74) is 1.19. The molecule has 1 aliphatic rings. The van der Waals surface area contributed by atoms with Gasteiger partial charge in [-0.3, -0.25) is 0 Å². The van der Waals surface area contributed by atoms with Crippen LogP contribution in [0.15, 0.2) is 22.7 Å². The van der Waals surface area contributed by atoms with Gasteiger partial charge in [-0.1, -0.05) is 48.5 Å². The third-order valence-corrected chi connectivity index (χ3v) is 4.62. The van der Waals surface area contributed by atoms with Crippen LogP contribution in [0, 0.1) is 11.8 Å². The van der Waals surface area contributed by atoms with Crippen molar-refractivity contribution in [1.29, 1.82) is 0 Å². The molecule has 1 fully saturated rings. The van der Waals surface area contributed by atoms with E-state index >= 15 is 0 Å². The van der Waals surface area contributed by atoms with E-state index in [2.05, 4.69) is 28.2 Å². The first-order valence-corrected chi connectivity index (χ1v) is 8.11. The highest BCUT2D eigenvalue weighted by atomic mass is 79.9. The monoisotopic (exact) mass is 339 g/mol. The fraction of sp³-hybridized carbons (Fsp3) is 0.562. The Kier molecular flexibility index (Phi) is 5.46. The molecular formula is C16H22BrNO2. The standard InChI is InChI=1S/C16H22BrNO2/c1-11-2-4-12(5-3-11)6-7-18-15-9-13(16(19)20)8-14(17)10-15/h8-12,18H,2-7H2,1H3,(H,19,20). The minimum atomic E-state index is -0.893. The van der Waals surface area contributed by atoms with Crippen molar-refractivity contribution < 1.29 is 9.90 Å². The van der Waals surface area contributed by atoms with E-state index in [1.807, 2.05) is 6.07 Å². The van der Waals surface area contributed by atoms with E-state index in [4.69, 9.17) is 5.11 Å². The maximum atomic E-state index is 11.0. The average Bonchev–Trinajstić information content (AvgIpc) is 2.40. The largest absolute Gasteiger partial charge is 0.478 e. The van der Waals surface area contributed by atoms with Gasteiger partial charge in [-0.05, 0) is 36.5 Å². The Bertz CT molecular complexity index is 468. The summed E-state index contributed by atoms with van der Waals surface area (Å²) in [6.45, 7) is 3.25. The summed E-state index contributed by atoms with van der Waals surface area (Å²) in [7, 11) is 0. The third kappa shape index (κ3) is 4.51. The molecule has 0 bridgehead atoms. The van der Waals surface area contributed by atoms with E-state index in [0.29, 0.717) is 5.56 Å². The number of halogens is 1. The summed E-state index contributed by atoms with van der Waals surface area (Å²) < 4.78 is 0.798. The zero-order chi connectivity index (χ0) is 14.5. The van der Waals surface area contributed by atoms with Crippen molar-refractivity contribution in [1.82, 2.24) is 0 Å². The summed E-state index contributed by atoms with van der Waals surface area (Å²) in [5, 5.41) is 12.4. The van der Waals surface area contributed by atoms with Gasteiger partial charge < -0.3 is 10.4 Å². The molecule has 1 saturated carbocycles. The number of nitrogens with one attached hydrogen (secondary N) is 1. The molecule has 0 aromatic heterocycles. The van der Waals surface area contributed by atoms with Gasteiger partial charge in [-0.25, -0.2) is 4.79 Å². The van der Waals surface area contributed by atoms with Gasteiger partial charge in [0.15, 0.2) is 0 Å². The highest BCUT2D eigenvalue weighted by molar-refractivity contribution is 9.10. The molecule has 0 heterocycles. The number of aromatic carboxylic acids is 1. The minimum Gasteiger partial charge on any atom is -0.478 e. The summed E-state index contributed by atoms with van der Waals surface area (Å²) in [6.07, 6.45) is 6.54. The Balaban J connectivity index is 1.83. The Morgan fingerprint density at radius 3 is 2.65 bits per heavy atom. The highest BCUT2D eigenvalue weighted by Crippen LogP contribution is 2.30. The lowest BCUT2D eigenvalue weighted by Gasteiger charge is -2.26. The van der Waals surface area contributed by atoms with Gasteiger partial charge >= 0.3 is 5.97 Å². The highest BCUT2D eigenvalue weighted by Gasteiger charge is 2.17. The van der Waals surface area contributed by atoms with Gasteiger partial charge in [0.05, 0.1) is 5.56 Å². The van der Waals surface area contributed by atoms with Gasteiger partial charge in [-0.15, -0.1) is 0 Å². The summed E-state index contributed by atoms with van der Waals surface area (Å²) in [4.78, 5) is 11.0. The molecule has 1 aromatic carbocycles. The van der Waals surface area contributed by atoms with Crippen molar-refractivity contribution in [2.75, 3.05) is 11.9 Å². The number of rotatable bonds is 5. The van der Waals surface area contributed by atoms with Crippen LogP contribution in [-0.2, 0) is 0 Å². The van der Waals surface area contributed by atoms with Gasteiger partial charge in [0.2, 0.25) is 0 Å². The topological polar surface area (TPSA) is 49.3 Å². The number of anilines is 1. The number of carboxylic acids is 1. The molecule has 110 valence electrons. The van der Waals surface area contributed by atoms with Gasteiger partial charge in [0.25, 0.3) is 0 Å². The molecule has 2 rings (SSSR count). The van der Waals surface area contributed by atoms with E-state index in [1.165, 1.54) is 32.1 Å². The van der Waals surface area contributed by atoms with Crippen LogP contribution in [0.2, 0.25) is 0 Å². The Labute approximate surface area is 128 Å². The molecule has 4 heteroatoms. The number of benzene rings is 1. The van der Waals surface area contributed by atoms with E-state index in [1.54, 1.807) is 12.1 Å². The molecule has 0 saturated heterocycles. The number of hydrogen-bond donors (Lipinski definition) is 2. The Morgan fingerprint density at radius 2 is 2.00 bits per heavy atom. The van der Waals surface area contributed by atoms with E-state index in [-0.39, 0.29) is 0 Å². The maximum Gasteiger partial charge on any atom is 0.335 e. The predicted octanol–water partition coefficient (Wildman–Crippen LogP) is 4.78. The molecule has 0 unspecified atom stereocenters. The molecule has 2 N–H and O–H groups in total. The molecule has 0 radical (unpaired) electrons. The first kappa shape index (κ1) is 15.4. The molecule has 20 heavy (non-hydrogen) atoms. The molecule has 1 aromatic rings. The van der Waals surface area contributed by atoms with Crippen molar-refractivity contribution in [3.8, 4) is 0 Å². The first-order chi connectivity index (χ1) is 9.54. The van der Waals surface area contributed by atoms with Crippen molar-refractivity contribution >= 4 is 27.6 Å². The van der Waals surface area contributed by atoms with Gasteiger partial charge in [-0.2, -0.15) is 0 Å². The SMILES string of the molecule is CC1CCC(CCNc2cc(Br)cc(C(=O)O)c2)CC1. The molecule has 0 aliphatic heterocycles. The summed E-state index contributed by atoms with van der Waals surface area (Å²) in [5.74, 6) is 0.822. The molecule has 0 spiro atoms. The summed E-state index contributed by atoms with van der Waals surface area (Å²) >= 11 is 3.35. The normalized spacial score (nSPS) is 22.5. The van der Waals surface area contributed by atoms with Crippen LogP contribution in [0.3, 0.4) is 0 Å². The molecule has 1 aliphatic carbocycles. The second-order valence-electron chi connectivity index (χ2n) is 5.88. The third-order valence-electron chi connectivity index (χ3n) is 4.16. The van der Waals surface area contributed by atoms with Crippen molar-refractivity contribution in [2.45, 2.75) is 39.0 Å². The lowest BCUT2D eigenvalue weighted by Crippen LogP contribution is -2.15. The van der Waals surface area contributed by atoms with Crippen molar-refractivity contribution in [3.63, 3.8) is 0 Å². The van der Waals surface area contributed by atoms with Crippen LogP contribution in [0.25, 0.3) is 0 Å². The van der Waals surface area contributed by atoms with Crippen LogP contribution in [0.4, 0.5) is 5.69 Å². The van der Waals surface area contributed by atoms with Crippen molar-refractivity contribution in [2.24, 2.45) is 11.8 Å². The minimum absolute atomic E-state index is 0.313. The molecule has 0 amide bonds. The quantitative estimate of drug-likeness (QED) is 0.811. The molecule has 0 atom stereocenters. The number of hydrogen-bond acceptors (Lipinski definition) is 2. The van der Waals surface area contributed by atoms with Crippen LogP contribution >= 0.6 is 15.9 Å². The van der Waals surface area contributed by atoms with E-state index in [9.17, 15) is 4.79 Å². The van der Waals surface area contributed by atoms with Crippen molar-refractivity contribution in [3.05, 3.63) is 28.2 Å². The van der Waals surface area contributed by atoms with Crippen LogP contribution in [0.5, 0.6) is 0 Å². The number of carbonyl (C=O) groups is 1. The zero-order valence-corrected chi connectivity index (χ0v) is 13.4. The lowest BCUT2D eigenvalue weighted by molar-refractivity contribution is 0.0697. The van der Waals surface area contributed by atoms with Crippen LogP contribution in [-0.4, -0.2) is 17.6 Å². The second-order valence-corrected chi connectivity index (χ2v) is 6.79. The zero-order valence-electron chi connectivity index (χ0n) is 11.9. The maximum absolute atomic E-state index is 11.0. The molecule has 3 nitrogen and oxygen atoms in total. The van der Waals surface area contributed by atoms with Crippen LogP contribution < -0.4 is 5.32 Å². The fourth-order valence-corrected chi connectivity index (χ4v) is 3.35. The first-order valence-electron chi connectivity index (χ1n) is 7.32. The lowest BCUT2D eigenvalue weighted by atomic mass is 9.81. The second kappa shape index (κ2) is 7.11. The van der Waals surface area contributed by atoms with E-state index in [0.717, 1.165) is 28.5 Å². The Morgan fingerprint density at radius 1 is 1.30 bits per heavy atom. The smallest absolute Gasteiger partial charge is 0.335 e. The van der Waals surface area contributed by atoms with E-state index < -0.39 is 5.97 Å². The average molecular weight is 340 g/mol. The molecular weight excluding hydrogens is 318 g/mol. The van der Waals surface area contributed by atoms with Crippen LogP contribution in [0.1, 0.15) is 49.4 Å².